The summed E-state index contributed by atoms with van der Waals surface area (Å²) in [6, 6.07) is 4.45. The molecule has 0 bridgehead atoms. The Bertz CT molecular complexity index is 345. The highest BCUT2D eigenvalue weighted by Gasteiger charge is 2.14. The molecule has 15 heavy (non-hydrogen) atoms. The summed E-state index contributed by atoms with van der Waals surface area (Å²) in [5, 5.41) is 22.7. The Morgan fingerprint density at radius 1 is 1.47 bits per heavy atom. The van der Waals surface area contributed by atoms with Gasteiger partial charge in [0.15, 0.2) is 0 Å². The Morgan fingerprint density at radius 2 is 2.00 bits per heavy atom. The molecule has 3 nitrogen and oxygen atoms in total. The zero-order valence-corrected chi connectivity index (χ0v) is 9.25. The average Bonchev–Trinajstić information content (AvgIpc) is 2.14. The third kappa shape index (κ3) is 3.15. The van der Waals surface area contributed by atoms with E-state index >= 15 is 0 Å². The zero-order valence-electron chi connectivity index (χ0n) is 8.50. The summed E-state index contributed by atoms with van der Waals surface area (Å²) in [5.74, 6) is 0.130. The molecule has 0 aliphatic carbocycles. The lowest BCUT2D eigenvalue weighted by Crippen LogP contribution is -2.20. The molecule has 82 valence electrons. The standard InChI is InChI=1S/C11H14ClNO2/c1-7(12)6-13-8(2)11-9(14)4-3-5-10(11)15/h3-5,8,13-15H,1,6H2,2H3. The minimum atomic E-state index is -0.193. The first kappa shape index (κ1) is 11.9. The molecule has 0 aliphatic rings. The number of phenolic OH excluding ortho intramolecular Hbond substituents is 2. The van der Waals surface area contributed by atoms with Gasteiger partial charge >= 0.3 is 0 Å². The van der Waals surface area contributed by atoms with Crippen molar-refractivity contribution >= 4 is 11.6 Å². The van der Waals surface area contributed by atoms with Crippen molar-refractivity contribution in [2.24, 2.45) is 0 Å². The number of hydrogen-bond acceptors (Lipinski definition) is 3. The van der Waals surface area contributed by atoms with Gasteiger partial charge in [0.2, 0.25) is 0 Å². The molecule has 3 N–H and O–H groups in total. The molecule has 0 aliphatic heterocycles. The second-order valence-electron chi connectivity index (χ2n) is 3.33. The van der Waals surface area contributed by atoms with E-state index in [1.165, 1.54) is 12.1 Å². The van der Waals surface area contributed by atoms with E-state index in [1.54, 1.807) is 6.07 Å². The molecule has 1 unspecified atom stereocenters. The average molecular weight is 228 g/mol. The van der Waals surface area contributed by atoms with E-state index in [4.69, 9.17) is 11.6 Å². The van der Waals surface area contributed by atoms with Gasteiger partial charge in [-0.25, -0.2) is 0 Å². The van der Waals surface area contributed by atoms with Crippen LogP contribution in [0.3, 0.4) is 0 Å². The first-order valence-corrected chi connectivity index (χ1v) is 4.97. The lowest BCUT2D eigenvalue weighted by atomic mass is 10.1. The largest absolute Gasteiger partial charge is 0.507 e. The van der Waals surface area contributed by atoms with Gasteiger partial charge in [-0.05, 0) is 19.1 Å². The molecule has 0 amide bonds. The Morgan fingerprint density at radius 3 is 2.47 bits per heavy atom. The van der Waals surface area contributed by atoms with Crippen LogP contribution in [0.25, 0.3) is 0 Å². The van der Waals surface area contributed by atoms with E-state index in [1.807, 2.05) is 6.92 Å². The number of phenols is 2. The molecular formula is C11H14ClNO2. The predicted molar refractivity (Wildman–Crippen MR) is 61.2 cm³/mol. The summed E-state index contributed by atoms with van der Waals surface area (Å²) >= 11 is 5.61. The van der Waals surface area contributed by atoms with Crippen LogP contribution in [0, 0.1) is 0 Å². The Labute approximate surface area is 94.0 Å². The smallest absolute Gasteiger partial charge is 0.124 e. The van der Waals surface area contributed by atoms with E-state index in [0.717, 1.165) is 0 Å². The van der Waals surface area contributed by atoms with Gasteiger partial charge in [0.05, 0.1) is 5.56 Å². The van der Waals surface area contributed by atoms with Crippen molar-refractivity contribution in [1.82, 2.24) is 5.32 Å². The third-order valence-corrected chi connectivity index (χ3v) is 2.23. The van der Waals surface area contributed by atoms with Gasteiger partial charge in [0.25, 0.3) is 0 Å². The molecular weight excluding hydrogens is 214 g/mol. The van der Waals surface area contributed by atoms with Crippen LogP contribution in [0.5, 0.6) is 11.5 Å². The molecule has 1 aromatic rings. The van der Waals surface area contributed by atoms with Crippen molar-refractivity contribution in [3.05, 3.63) is 35.4 Å². The number of nitrogens with one attached hydrogen (secondary N) is 1. The summed E-state index contributed by atoms with van der Waals surface area (Å²) in [6.45, 7) is 5.80. The van der Waals surface area contributed by atoms with E-state index in [0.29, 0.717) is 17.1 Å². The number of aromatic hydroxyl groups is 2. The molecule has 0 heterocycles. The van der Waals surface area contributed by atoms with Gasteiger partial charge in [-0.15, -0.1) is 0 Å². The van der Waals surface area contributed by atoms with E-state index in [2.05, 4.69) is 11.9 Å². The quantitative estimate of drug-likeness (QED) is 0.741. The third-order valence-electron chi connectivity index (χ3n) is 2.09. The van der Waals surface area contributed by atoms with Crippen LogP contribution in [-0.4, -0.2) is 16.8 Å². The number of hydrogen-bond donors (Lipinski definition) is 3. The van der Waals surface area contributed by atoms with Gasteiger partial charge in [0, 0.05) is 17.6 Å². The highest BCUT2D eigenvalue weighted by Crippen LogP contribution is 2.32. The van der Waals surface area contributed by atoms with Crippen LogP contribution in [-0.2, 0) is 0 Å². The molecule has 0 radical (unpaired) electrons. The number of rotatable bonds is 4. The maximum absolute atomic E-state index is 9.57. The minimum Gasteiger partial charge on any atom is -0.507 e. The normalized spacial score (nSPS) is 12.4. The van der Waals surface area contributed by atoms with Gasteiger partial charge in [0.1, 0.15) is 11.5 Å². The fraction of sp³-hybridized carbons (Fsp3) is 0.273. The molecule has 1 rings (SSSR count). The van der Waals surface area contributed by atoms with Crippen LogP contribution >= 0.6 is 11.6 Å². The summed E-state index contributed by atoms with van der Waals surface area (Å²) in [7, 11) is 0. The summed E-state index contributed by atoms with van der Waals surface area (Å²) in [4.78, 5) is 0. The Balaban J connectivity index is 2.81. The van der Waals surface area contributed by atoms with Crippen LogP contribution in [0.4, 0.5) is 0 Å². The molecule has 0 aromatic heterocycles. The monoisotopic (exact) mass is 227 g/mol. The molecule has 1 aromatic carbocycles. The second kappa shape index (κ2) is 5.05. The maximum atomic E-state index is 9.57. The summed E-state index contributed by atoms with van der Waals surface area (Å²) < 4.78 is 0. The zero-order chi connectivity index (χ0) is 11.4. The SMILES string of the molecule is C=C(Cl)CNC(C)c1c(O)cccc1O. The lowest BCUT2D eigenvalue weighted by molar-refractivity contribution is 0.422. The van der Waals surface area contributed by atoms with Crippen molar-refractivity contribution < 1.29 is 10.2 Å². The highest BCUT2D eigenvalue weighted by molar-refractivity contribution is 6.29. The van der Waals surface area contributed by atoms with Crippen LogP contribution in [0.1, 0.15) is 18.5 Å². The van der Waals surface area contributed by atoms with Crippen LogP contribution < -0.4 is 5.32 Å². The molecule has 1 atom stereocenters. The van der Waals surface area contributed by atoms with Crippen molar-refractivity contribution in [1.29, 1.82) is 0 Å². The molecule has 0 fully saturated rings. The lowest BCUT2D eigenvalue weighted by Gasteiger charge is -2.16. The van der Waals surface area contributed by atoms with Gasteiger partial charge in [-0.3, -0.25) is 0 Å². The number of benzene rings is 1. The number of halogens is 1. The van der Waals surface area contributed by atoms with Crippen LogP contribution in [0.15, 0.2) is 29.8 Å². The van der Waals surface area contributed by atoms with Crippen molar-refractivity contribution in [3.8, 4) is 11.5 Å². The predicted octanol–water partition coefficient (Wildman–Crippen LogP) is 2.50. The first-order valence-electron chi connectivity index (χ1n) is 4.60. The van der Waals surface area contributed by atoms with Crippen molar-refractivity contribution in [3.63, 3.8) is 0 Å². The Kier molecular flexibility index (Phi) is 4.00. The molecule has 0 saturated carbocycles. The van der Waals surface area contributed by atoms with E-state index in [-0.39, 0.29) is 17.5 Å². The second-order valence-corrected chi connectivity index (χ2v) is 3.86. The van der Waals surface area contributed by atoms with E-state index < -0.39 is 0 Å². The fourth-order valence-corrected chi connectivity index (χ4v) is 1.43. The van der Waals surface area contributed by atoms with Gasteiger partial charge in [-0.1, -0.05) is 24.2 Å². The molecule has 0 spiro atoms. The van der Waals surface area contributed by atoms with Crippen LogP contribution in [0.2, 0.25) is 0 Å². The summed E-state index contributed by atoms with van der Waals surface area (Å²) in [6.07, 6.45) is 0. The fourth-order valence-electron chi connectivity index (χ4n) is 1.35. The van der Waals surface area contributed by atoms with Gasteiger partial charge < -0.3 is 15.5 Å². The minimum absolute atomic E-state index is 0.0650. The summed E-state index contributed by atoms with van der Waals surface area (Å²) in [5.41, 5.74) is 0.468. The topological polar surface area (TPSA) is 52.5 Å². The van der Waals surface area contributed by atoms with Gasteiger partial charge in [-0.2, -0.15) is 0 Å². The van der Waals surface area contributed by atoms with Crippen molar-refractivity contribution in [2.45, 2.75) is 13.0 Å². The van der Waals surface area contributed by atoms with E-state index in [9.17, 15) is 10.2 Å². The Hall–Kier alpha value is -1.19. The highest BCUT2D eigenvalue weighted by atomic mass is 35.5. The molecule has 0 saturated heterocycles. The first-order chi connectivity index (χ1) is 7.02. The molecule has 4 heteroatoms. The van der Waals surface area contributed by atoms with Crippen molar-refractivity contribution in [2.75, 3.05) is 6.54 Å². The maximum Gasteiger partial charge on any atom is 0.124 e.